The highest BCUT2D eigenvalue weighted by Gasteiger charge is 2.22. The van der Waals surface area contributed by atoms with Crippen LogP contribution in [0.1, 0.15) is 64.7 Å². The van der Waals surface area contributed by atoms with Crippen molar-refractivity contribution in [3.63, 3.8) is 0 Å². The Labute approximate surface area is 93.1 Å². The van der Waals surface area contributed by atoms with E-state index in [0.29, 0.717) is 11.7 Å². The Kier molecular flexibility index (Phi) is 5.92. The van der Waals surface area contributed by atoms with E-state index in [1.807, 2.05) is 0 Å². The monoisotopic (exact) mass is 212 g/mol. The lowest BCUT2D eigenvalue weighted by atomic mass is 9.97. The van der Waals surface area contributed by atoms with Crippen molar-refractivity contribution in [2.45, 2.75) is 70.8 Å². The lowest BCUT2D eigenvalue weighted by Gasteiger charge is -2.12. The van der Waals surface area contributed by atoms with Gasteiger partial charge >= 0.3 is 0 Å². The fourth-order valence-electron chi connectivity index (χ4n) is 2.34. The van der Waals surface area contributed by atoms with E-state index in [4.69, 9.17) is 0 Å². The first kappa shape index (κ1) is 12.7. The Morgan fingerprint density at radius 2 is 2.20 bits per heavy atom. The molecule has 0 radical (unpaired) electrons. The normalized spacial score (nSPS) is 23.3. The minimum atomic E-state index is -0.132. The quantitative estimate of drug-likeness (QED) is 0.658. The number of rotatable bonds is 7. The van der Waals surface area contributed by atoms with Gasteiger partial charge in [0.2, 0.25) is 0 Å². The number of hydrogen-bond donors (Lipinski definition) is 1. The molecule has 0 heterocycles. The van der Waals surface area contributed by atoms with Crippen LogP contribution in [0.25, 0.3) is 0 Å². The van der Waals surface area contributed by atoms with Gasteiger partial charge in [-0.15, -0.1) is 0 Å². The van der Waals surface area contributed by atoms with Gasteiger partial charge in [0.1, 0.15) is 5.78 Å². The zero-order valence-corrected chi connectivity index (χ0v) is 9.87. The second-order valence-electron chi connectivity index (χ2n) is 4.87. The van der Waals surface area contributed by atoms with Crippen molar-refractivity contribution in [1.29, 1.82) is 0 Å². The van der Waals surface area contributed by atoms with Crippen LogP contribution in [0, 0.1) is 5.92 Å². The number of hydrogen-bond acceptors (Lipinski definition) is 2. The van der Waals surface area contributed by atoms with Crippen molar-refractivity contribution < 1.29 is 9.90 Å². The van der Waals surface area contributed by atoms with E-state index in [1.54, 1.807) is 0 Å². The van der Waals surface area contributed by atoms with Gasteiger partial charge in [0, 0.05) is 12.8 Å². The molecule has 0 spiro atoms. The Bertz CT molecular complexity index is 189. The maximum absolute atomic E-state index is 11.0. The second-order valence-corrected chi connectivity index (χ2v) is 4.87. The van der Waals surface area contributed by atoms with E-state index < -0.39 is 0 Å². The SMILES string of the molecule is CCCCC[C@@H](O)CC[C@H]1CCC(=O)C1. The van der Waals surface area contributed by atoms with E-state index in [0.717, 1.165) is 44.9 Å². The van der Waals surface area contributed by atoms with Crippen LogP contribution in [-0.2, 0) is 4.79 Å². The summed E-state index contributed by atoms with van der Waals surface area (Å²) in [7, 11) is 0. The van der Waals surface area contributed by atoms with Crippen LogP contribution in [0.4, 0.5) is 0 Å². The van der Waals surface area contributed by atoms with Crippen molar-refractivity contribution >= 4 is 5.78 Å². The van der Waals surface area contributed by atoms with E-state index >= 15 is 0 Å². The third kappa shape index (κ3) is 5.31. The molecule has 1 rings (SSSR count). The predicted octanol–water partition coefficient (Wildman–Crippen LogP) is 3.08. The molecule has 1 N–H and O–H groups in total. The molecule has 2 heteroatoms. The summed E-state index contributed by atoms with van der Waals surface area (Å²) in [6.07, 6.45) is 8.91. The topological polar surface area (TPSA) is 37.3 Å². The lowest BCUT2D eigenvalue weighted by Crippen LogP contribution is -2.08. The molecule has 0 bridgehead atoms. The number of carbonyl (C=O) groups excluding carboxylic acids is 1. The summed E-state index contributed by atoms with van der Waals surface area (Å²) in [5.41, 5.74) is 0. The molecule has 1 aliphatic rings. The highest BCUT2D eigenvalue weighted by atomic mass is 16.3. The molecule has 0 aromatic heterocycles. The maximum Gasteiger partial charge on any atom is 0.133 e. The second kappa shape index (κ2) is 7.00. The molecule has 1 saturated carbocycles. The number of unbranched alkanes of at least 4 members (excludes halogenated alkanes) is 2. The first-order valence-electron chi connectivity index (χ1n) is 6.42. The van der Waals surface area contributed by atoms with Crippen molar-refractivity contribution in [2.75, 3.05) is 0 Å². The van der Waals surface area contributed by atoms with Crippen LogP contribution < -0.4 is 0 Å². The Hall–Kier alpha value is -0.370. The van der Waals surface area contributed by atoms with Crippen molar-refractivity contribution in [3.8, 4) is 0 Å². The van der Waals surface area contributed by atoms with Gasteiger partial charge in [0.05, 0.1) is 6.10 Å². The fourth-order valence-corrected chi connectivity index (χ4v) is 2.34. The van der Waals surface area contributed by atoms with E-state index in [1.165, 1.54) is 12.8 Å². The molecule has 0 aliphatic heterocycles. The van der Waals surface area contributed by atoms with Gasteiger partial charge in [0.15, 0.2) is 0 Å². The molecule has 1 aliphatic carbocycles. The molecule has 0 saturated heterocycles. The van der Waals surface area contributed by atoms with Crippen molar-refractivity contribution in [1.82, 2.24) is 0 Å². The highest BCUT2D eigenvalue weighted by Crippen LogP contribution is 2.27. The lowest BCUT2D eigenvalue weighted by molar-refractivity contribution is -0.117. The van der Waals surface area contributed by atoms with E-state index in [2.05, 4.69) is 6.92 Å². The third-order valence-electron chi connectivity index (χ3n) is 3.40. The van der Waals surface area contributed by atoms with Crippen LogP contribution >= 0.6 is 0 Å². The maximum atomic E-state index is 11.0. The molecule has 1 fully saturated rings. The average Bonchev–Trinajstić information content (AvgIpc) is 2.62. The number of carbonyl (C=O) groups is 1. The average molecular weight is 212 g/mol. The molecule has 0 aromatic rings. The summed E-state index contributed by atoms with van der Waals surface area (Å²) in [6.45, 7) is 2.18. The molecular formula is C13H24O2. The van der Waals surface area contributed by atoms with Gasteiger partial charge in [-0.3, -0.25) is 4.79 Å². The van der Waals surface area contributed by atoms with Gasteiger partial charge in [0.25, 0.3) is 0 Å². The molecule has 0 unspecified atom stereocenters. The van der Waals surface area contributed by atoms with Gasteiger partial charge in [-0.05, 0) is 31.6 Å². The zero-order valence-electron chi connectivity index (χ0n) is 9.87. The van der Waals surface area contributed by atoms with Crippen LogP contribution in [0.3, 0.4) is 0 Å². The number of Topliss-reactive ketones (excluding diaryl/α,β-unsaturated/α-hetero) is 1. The largest absolute Gasteiger partial charge is 0.393 e. The Morgan fingerprint density at radius 1 is 1.40 bits per heavy atom. The van der Waals surface area contributed by atoms with Crippen LogP contribution in [0.2, 0.25) is 0 Å². The molecule has 88 valence electrons. The first-order valence-corrected chi connectivity index (χ1v) is 6.42. The summed E-state index contributed by atoms with van der Waals surface area (Å²) in [5, 5.41) is 9.72. The van der Waals surface area contributed by atoms with Crippen LogP contribution in [-0.4, -0.2) is 17.0 Å². The Morgan fingerprint density at radius 3 is 2.80 bits per heavy atom. The van der Waals surface area contributed by atoms with E-state index in [9.17, 15) is 9.90 Å². The minimum absolute atomic E-state index is 0.132. The summed E-state index contributed by atoms with van der Waals surface area (Å²) >= 11 is 0. The smallest absolute Gasteiger partial charge is 0.133 e. The minimum Gasteiger partial charge on any atom is -0.393 e. The first-order chi connectivity index (χ1) is 7.22. The predicted molar refractivity (Wildman–Crippen MR) is 61.7 cm³/mol. The Balaban J connectivity index is 2.01. The van der Waals surface area contributed by atoms with Crippen molar-refractivity contribution in [3.05, 3.63) is 0 Å². The summed E-state index contributed by atoms with van der Waals surface area (Å²) in [4.78, 5) is 11.0. The van der Waals surface area contributed by atoms with Gasteiger partial charge in [-0.2, -0.15) is 0 Å². The van der Waals surface area contributed by atoms with Crippen LogP contribution in [0.5, 0.6) is 0 Å². The summed E-state index contributed by atoms with van der Waals surface area (Å²) < 4.78 is 0. The molecule has 15 heavy (non-hydrogen) atoms. The van der Waals surface area contributed by atoms with Crippen molar-refractivity contribution in [2.24, 2.45) is 5.92 Å². The third-order valence-corrected chi connectivity index (χ3v) is 3.40. The van der Waals surface area contributed by atoms with Crippen LogP contribution in [0.15, 0.2) is 0 Å². The van der Waals surface area contributed by atoms with Gasteiger partial charge < -0.3 is 5.11 Å². The number of aliphatic hydroxyl groups is 1. The summed E-state index contributed by atoms with van der Waals surface area (Å²) in [6, 6.07) is 0. The standard InChI is InChI=1S/C13H24O2/c1-2-3-4-5-12(14)8-6-11-7-9-13(15)10-11/h11-12,14H,2-10H2,1H3/t11-,12+/m0/s1. The number of aliphatic hydroxyl groups excluding tert-OH is 1. The molecule has 0 aromatic carbocycles. The highest BCUT2D eigenvalue weighted by molar-refractivity contribution is 5.80. The molecular weight excluding hydrogens is 188 g/mol. The zero-order chi connectivity index (χ0) is 11.1. The number of ketones is 1. The van der Waals surface area contributed by atoms with Gasteiger partial charge in [-0.25, -0.2) is 0 Å². The van der Waals surface area contributed by atoms with Gasteiger partial charge in [-0.1, -0.05) is 26.2 Å². The summed E-state index contributed by atoms with van der Waals surface area (Å²) in [5.74, 6) is 0.985. The fraction of sp³-hybridized carbons (Fsp3) is 0.923. The molecule has 2 atom stereocenters. The molecule has 2 nitrogen and oxygen atoms in total. The van der Waals surface area contributed by atoms with E-state index in [-0.39, 0.29) is 6.10 Å². The molecule has 0 amide bonds.